The van der Waals surface area contributed by atoms with Gasteiger partial charge in [-0.3, -0.25) is 4.79 Å². The Morgan fingerprint density at radius 3 is 2.29 bits per heavy atom. The van der Waals surface area contributed by atoms with Crippen LogP contribution in [-0.4, -0.2) is 20.9 Å². The monoisotopic (exact) mass is 332 g/mol. The van der Waals surface area contributed by atoms with Gasteiger partial charge in [-0.2, -0.15) is 23.1 Å². The Balaban J connectivity index is 1.73. The fourth-order valence-electron chi connectivity index (χ4n) is 1.99. The van der Waals surface area contributed by atoms with Gasteiger partial charge in [0.25, 0.3) is 5.91 Å². The zero-order chi connectivity index (χ0) is 17.2. The van der Waals surface area contributed by atoms with Crippen molar-refractivity contribution >= 4 is 11.6 Å². The molecule has 3 rings (SSSR count). The average Bonchev–Trinajstić information content (AvgIpc) is 3.05. The molecule has 5 nitrogen and oxygen atoms in total. The highest BCUT2D eigenvalue weighted by molar-refractivity contribution is 6.02. The smallest absolute Gasteiger partial charge is 0.321 e. The predicted octanol–water partition coefficient (Wildman–Crippen LogP) is 3.54. The van der Waals surface area contributed by atoms with E-state index in [-0.39, 0.29) is 11.4 Å². The number of carbonyl (C=O) groups is 1. The lowest BCUT2D eigenvalue weighted by molar-refractivity contribution is -0.137. The highest BCUT2D eigenvalue weighted by Gasteiger charge is 2.30. The average molecular weight is 332 g/mol. The minimum atomic E-state index is -4.42. The molecule has 2 aromatic carbocycles. The lowest BCUT2D eigenvalue weighted by Crippen LogP contribution is -2.13. The van der Waals surface area contributed by atoms with E-state index in [9.17, 15) is 18.0 Å². The number of rotatable bonds is 3. The second-order valence-corrected chi connectivity index (χ2v) is 4.88. The Kier molecular flexibility index (Phi) is 4.03. The van der Waals surface area contributed by atoms with Crippen LogP contribution in [0.4, 0.5) is 18.9 Å². The molecule has 0 radical (unpaired) electrons. The maximum atomic E-state index is 12.5. The van der Waals surface area contributed by atoms with Gasteiger partial charge >= 0.3 is 6.18 Å². The molecule has 0 bridgehead atoms. The Morgan fingerprint density at radius 1 is 1.00 bits per heavy atom. The van der Waals surface area contributed by atoms with Gasteiger partial charge in [-0.1, -0.05) is 18.2 Å². The third-order valence-corrected chi connectivity index (χ3v) is 3.18. The van der Waals surface area contributed by atoms with Crippen molar-refractivity contribution in [3.05, 3.63) is 72.1 Å². The Labute approximate surface area is 134 Å². The number of anilines is 1. The van der Waals surface area contributed by atoms with Crippen LogP contribution in [0.25, 0.3) is 5.69 Å². The number of para-hydroxylation sites is 1. The summed E-state index contributed by atoms with van der Waals surface area (Å²) in [7, 11) is 0. The number of nitrogens with one attached hydrogen (secondary N) is 1. The standard InChI is InChI=1S/C16H11F3N4O/c17-16(18,19)11-6-8-12(9-7-11)21-15(24)14-10-20-23(22-14)13-4-2-1-3-5-13/h1-10H,(H,21,24). The molecule has 1 amide bonds. The Morgan fingerprint density at radius 2 is 1.67 bits per heavy atom. The quantitative estimate of drug-likeness (QED) is 0.798. The lowest BCUT2D eigenvalue weighted by atomic mass is 10.2. The molecule has 1 N–H and O–H groups in total. The largest absolute Gasteiger partial charge is 0.416 e. The molecular weight excluding hydrogens is 321 g/mol. The van der Waals surface area contributed by atoms with E-state index < -0.39 is 17.6 Å². The molecular formula is C16H11F3N4O. The third kappa shape index (κ3) is 3.43. The topological polar surface area (TPSA) is 59.8 Å². The third-order valence-electron chi connectivity index (χ3n) is 3.18. The van der Waals surface area contributed by atoms with E-state index in [1.165, 1.54) is 23.1 Å². The van der Waals surface area contributed by atoms with E-state index in [1.807, 2.05) is 6.07 Å². The summed E-state index contributed by atoms with van der Waals surface area (Å²) in [5, 5.41) is 10.5. The van der Waals surface area contributed by atoms with Crippen LogP contribution < -0.4 is 5.32 Å². The first-order valence-corrected chi connectivity index (χ1v) is 6.90. The van der Waals surface area contributed by atoms with Crippen LogP contribution in [0.2, 0.25) is 0 Å². The maximum absolute atomic E-state index is 12.5. The summed E-state index contributed by atoms with van der Waals surface area (Å²) in [5.74, 6) is -0.558. The molecule has 8 heteroatoms. The summed E-state index contributed by atoms with van der Waals surface area (Å²) in [6.45, 7) is 0. The van der Waals surface area contributed by atoms with Crippen molar-refractivity contribution in [3.63, 3.8) is 0 Å². The fraction of sp³-hybridized carbons (Fsp3) is 0.0625. The number of hydrogen-bond acceptors (Lipinski definition) is 3. The van der Waals surface area contributed by atoms with Gasteiger partial charge in [-0.25, -0.2) is 0 Å². The molecule has 1 heterocycles. The number of amides is 1. The number of halogens is 3. The van der Waals surface area contributed by atoms with E-state index in [4.69, 9.17) is 0 Å². The summed E-state index contributed by atoms with van der Waals surface area (Å²) < 4.78 is 37.5. The van der Waals surface area contributed by atoms with Crippen LogP contribution in [-0.2, 0) is 6.18 Å². The van der Waals surface area contributed by atoms with Gasteiger partial charge < -0.3 is 5.32 Å². The molecule has 0 spiro atoms. The van der Waals surface area contributed by atoms with Crippen LogP contribution in [0.5, 0.6) is 0 Å². The molecule has 1 aromatic heterocycles. The van der Waals surface area contributed by atoms with Gasteiger partial charge in [-0.15, -0.1) is 5.10 Å². The predicted molar refractivity (Wildman–Crippen MR) is 80.8 cm³/mol. The normalized spacial score (nSPS) is 11.3. The molecule has 0 aliphatic carbocycles. The Hall–Kier alpha value is -3.16. The van der Waals surface area contributed by atoms with Gasteiger partial charge in [0.1, 0.15) is 0 Å². The maximum Gasteiger partial charge on any atom is 0.416 e. The molecule has 0 fully saturated rings. The molecule has 0 saturated heterocycles. The molecule has 122 valence electrons. The highest BCUT2D eigenvalue weighted by atomic mass is 19.4. The van der Waals surface area contributed by atoms with E-state index in [0.717, 1.165) is 12.1 Å². The minimum absolute atomic E-state index is 0.0544. The van der Waals surface area contributed by atoms with Crippen LogP contribution in [0.15, 0.2) is 60.8 Å². The van der Waals surface area contributed by atoms with Crippen LogP contribution >= 0.6 is 0 Å². The van der Waals surface area contributed by atoms with Crippen molar-refractivity contribution in [2.45, 2.75) is 6.18 Å². The molecule has 3 aromatic rings. The van der Waals surface area contributed by atoms with E-state index in [0.29, 0.717) is 5.69 Å². The van der Waals surface area contributed by atoms with E-state index >= 15 is 0 Å². The van der Waals surface area contributed by atoms with Crippen LogP contribution in [0.1, 0.15) is 16.1 Å². The first-order chi connectivity index (χ1) is 11.4. The first kappa shape index (κ1) is 15.7. The zero-order valence-corrected chi connectivity index (χ0v) is 12.2. The Bertz CT molecular complexity index is 842. The fourth-order valence-corrected chi connectivity index (χ4v) is 1.99. The second kappa shape index (κ2) is 6.15. The van der Waals surface area contributed by atoms with Gasteiger partial charge in [0.2, 0.25) is 0 Å². The number of carbonyl (C=O) groups excluding carboxylic acids is 1. The van der Waals surface area contributed by atoms with Gasteiger partial charge in [0, 0.05) is 5.69 Å². The van der Waals surface area contributed by atoms with Crippen LogP contribution in [0, 0.1) is 0 Å². The first-order valence-electron chi connectivity index (χ1n) is 6.90. The number of alkyl halides is 3. The van der Waals surface area contributed by atoms with Crippen molar-refractivity contribution < 1.29 is 18.0 Å². The lowest BCUT2D eigenvalue weighted by Gasteiger charge is -2.08. The summed E-state index contributed by atoms with van der Waals surface area (Å²) in [6, 6.07) is 13.2. The molecule has 0 saturated carbocycles. The highest BCUT2D eigenvalue weighted by Crippen LogP contribution is 2.29. The summed E-state index contributed by atoms with van der Waals surface area (Å²) in [4.78, 5) is 13.4. The van der Waals surface area contributed by atoms with Crippen LogP contribution in [0.3, 0.4) is 0 Å². The van der Waals surface area contributed by atoms with E-state index in [2.05, 4.69) is 15.5 Å². The van der Waals surface area contributed by atoms with Crippen molar-refractivity contribution in [3.8, 4) is 5.69 Å². The van der Waals surface area contributed by atoms with Crippen molar-refractivity contribution in [2.75, 3.05) is 5.32 Å². The van der Waals surface area contributed by atoms with Gasteiger partial charge in [0.05, 0.1) is 17.4 Å². The molecule has 0 unspecified atom stereocenters. The van der Waals surface area contributed by atoms with Crippen molar-refractivity contribution in [2.24, 2.45) is 0 Å². The summed E-state index contributed by atoms with van der Waals surface area (Å²) >= 11 is 0. The molecule has 24 heavy (non-hydrogen) atoms. The van der Waals surface area contributed by atoms with E-state index in [1.54, 1.807) is 24.3 Å². The summed E-state index contributed by atoms with van der Waals surface area (Å²) in [5.41, 5.74) is 0.197. The molecule has 0 atom stereocenters. The molecule has 0 aliphatic heterocycles. The zero-order valence-electron chi connectivity index (χ0n) is 12.2. The van der Waals surface area contributed by atoms with Crippen molar-refractivity contribution in [1.29, 1.82) is 0 Å². The molecule has 0 aliphatic rings. The van der Waals surface area contributed by atoms with Gasteiger partial charge in [0.15, 0.2) is 5.69 Å². The summed E-state index contributed by atoms with van der Waals surface area (Å²) in [6.07, 6.45) is -3.13. The number of benzene rings is 2. The SMILES string of the molecule is O=C(Nc1ccc(C(F)(F)F)cc1)c1cnn(-c2ccccc2)n1. The number of hydrogen-bond donors (Lipinski definition) is 1. The van der Waals surface area contributed by atoms with Crippen molar-refractivity contribution in [1.82, 2.24) is 15.0 Å². The second-order valence-electron chi connectivity index (χ2n) is 4.88. The minimum Gasteiger partial charge on any atom is -0.321 e. The van der Waals surface area contributed by atoms with Gasteiger partial charge in [-0.05, 0) is 36.4 Å². The number of aromatic nitrogens is 3. The number of nitrogens with zero attached hydrogens (tertiary/aromatic N) is 3.